The third-order valence-electron chi connectivity index (χ3n) is 3.45. The monoisotopic (exact) mass is 355 g/mol. The maximum absolute atomic E-state index is 11.9. The number of carboxylic acids is 1. The summed E-state index contributed by atoms with van der Waals surface area (Å²) in [5, 5.41) is 11.8. The zero-order valence-corrected chi connectivity index (χ0v) is 13.2. The molecule has 0 saturated carbocycles. The van der Waals surface area contributed by atoms with Crippen LogP contribution in [0.15, 0.2) is 22.7 Å². The predicted molar refractivity (Wildman–Crippen MR) is 82.6 cm³/mol. The van der Waals surface area contributed by atoms with Gasteiger partial charge in [-0.15, -0.1) is 0 Å². The van der Waals surface area contributed by atoms with Gasteiger partial charge in [0.05, 0.1) is 17.4 Å². The van der Waals surface area contributed by atoms with E-state index in [1.807, 2.05) is 0 Å². The molecule has 21 heavy (non-hydrogen) atoms. The average molecular weight is 356 g/mol. The standard InChI is InChI=1S/C15H18BrNO4/c16-10-4-6-13(12(9-10)15(19)20)17-14(18)7-5-11-3-1-2-8-21-11/h4,6,9,11H,1-3,5,7-8H2,(H,17,18)(H,19,20). The summed E-state index contributed by atoms with van der Waals surface area (Å²) >= 11 is 3.22. The van der Waals surface area contributed by atoms with Crippen molar-refractivity contribution >= 4 is 33.5 Å². The fourth-order valence-electron chi connectivity index (χ4n) is 2.34. The Morgan fingerprint density at radius 2 is 2.19 bits per heavy atom. The van der Waals surface area contributed by atoms with E-state index in [-0.39, 0.29) is 17.6 Å². The number of amides is 1. The van der Waals surface area contributed by atoms with E-state index in [1.54, 1.807) is 12.1 Å². The minimum absolute atomic E-state index is 0.0756. The first-order chi connectivity index (χ1) is 10.1. The number of ether oxygens (including phenoxy) is 1. The quantitative estimate of drug-likeness (QED) is 0.848. The summed E-state index contributed by atoms with van der Waals surface area (Å²) in [4.78, 5) is 23.1. The summed E-state index contributed by atoms with van der Waals surface area (Å²) < 4.78 is 6.24. The first-order valence-corrected chi connectivity index (χ1v) is 7.80. The normalized spacial score (nSPS) is 18.2. The van der Waals surface area contributed by atoms with Gasteiger partial charge < -0.3 is 15.2 Å². The van der Waals surface area contributed by atoms with Crippen molar-refractivity contribution in [3.8, 4) is 0 Å². The molecule has 0 aromatic heterocycles. The summed E-state index contributed by atoms with van der Waals surface area (Å²) in [6, 6.07) is 4.76. The van der Waals surface area contributed by atoms with Crippen molar-refractivity contribution < 1.29 is 19.4 Å². The van der Waals surface area contributed by atoms with Gasteiger partial charge in [-0.2, -0.15) is 0 Å². The van der Waals surface area contributed by atoms with Crippen molar-refractivity contribution in [3.63, 3.8) is 0 Å². The number of carboxylic acid groups (broad SMARTS) is 1. The molecule has 6 heteroatoms. The van der Waals surface area contributed by atoms with E-state index in [9.17, 15) is 9.59 Å². The summed E-state index contributed by atoms with van der Waals surface area (Å²) in [7, 11) is 0. The number of hydrogen-bond donors (Lipinski definition) is 2. The van der Waals surface area contributed by atoms with Crippen molar-refractivity contribution in [1.29, 1.82) is 0 Å². The smallest absolute Gasteiger partial charge is 0.337 e. The van der Waals surface area contributed by atoms with Crippen LogP contribution in [0, 0.1) is 0 Å². The van der Waals surface area contributed by atoms with Crippen molar-refractivity contribution in [2.24, 2.45) is 0 Å². The van der Waals surface area contributed by atoms with E-state index in [0.29, 0.717) is 23.0 Å². The molecule has 1 aliphatic heterocycles. The highest BCUT2D eigenvalue weighted by Crippen LogP contribution is 2.22. The maximum atomic E-state index is 11.9. The Hall–Kier alpha value is -1.40. The molecule has 0 bridgehead atoms. The van der Waals surface area contributed by atoms with E-state index >= 15 is 0 Å². The summed E-state index contributed by atoms with van der Waals surface area (Å²) in [5.41, 5.74) is 0.395. The molecule has 114 valence electrons. The fourth-order valence-corrected chi connectivity index (χ4v) is 2.70. The molecular weight excluding hydrogens is 338 g/mol. The summed E-state index contributed by atoms with van der Waals surface area (Å²) in [5.74, 6) is -1.25. The Kier molecular flexibility index (Phi) is 5.76. The summed E-state index contributed by atoms with van der Waals surface area (Å²) in [6.07, 6.45) is 4.37. The highest BCUT2D eigenvalue weighted by atomic mass is 79.9. The van der Waals surface area contributed by atoms with Crippen LogP contribution in [0.2, 0.25) is 0 Å². The predicted octanol–water partition coefficient (Wildman–Crippen LogP) is 3.44. The number of nitrogens with one attached hydrogen (secondary N) is 1. The molecular formula is C15H18BrNO4. The molecule has 1 amide bonds. The molecule has 0 radical (unpaired) electrons. The Morgan fingerprint density at radius 1 is 1.38 bits per heavy atom. The fraction of sp³-hybridized carbons (Fsp3) is 0.467. The van der Waals surface area contributed by atoms with E-state index in [0.717, 1.165) is 25.9 Å². The van der Waals surface area contributed by atoms with Gasteiger partial charge in [0, 0.05) is 17.5 Å². The first kappa shape index (κ1) is 16.0. The third kappa shape index (κ3) is 4.82. The van der Waals surface area contributed by atoms with Gasteiger partial charge in [0.1, 0.15) is 0 Å². The molecule has 5 nitrogen and oxygen atoms in total. The van der Waals surface area contributed by atoms with Crippen molar-refractivity contribution in [2.45, 2.75) is 38.2 Å². The van der Waals surface area contributed by atoms with Crippen LogP contribution >= 0.6 is 15.9 Å². The lowest BCUT2D eigenvalue weighted by atomic mass is 10.0. The van der Waals surface area contributed by atoms with E-state index in [4.69, 9.17) is 9.84 Å². The lowest BCUT2D eigenvalue weighted by Crippen LogP contribution is -2.22. The van der Waals surface area contributed by atoms with Gasteiger partial charge in [-0.3, -0.25) is 4.79 Å². The summed E-state index contributed by atoms with van der Waals surface area (Å²) in [6.45, 7) is 0.766. The van der Waals surface area contributed by atoms with Crippen LogP contribution in [-0.4, -0.2) is 29.7 Å². The second-order valence-electron chi connectivity index (χ2n) is 5.07. The molecule has 1 aliphatic rings. The van der Waals surface area contributed by atoms with Crippen LogP contribution in [-0.2, 0) is 9.53 Å². The lowest BCUT2D eigenvalue weighted by molar-refractivity contribution is -0.117. The van der Waals surface area contributed by atoms with Crippen LogP contribution in [0.25, 0.3) is 0 Å². The van der Waals surface area contributed by atoms with Gasteiger partial charge in [-0.1, -0.05) is 15.9 Å². The molecule has 2 N–H and O–H groups in total. The van der Waals surface area contributed by atoms with Crippen LogP contribution < -0.4 is 5.32 Å². The van der Waals surface area contributed by atoms with Crippen molar-refractivity contribution in [1.82, 2.24) is 0 Å². The van der Waals surface area contributed by atoms with Gasteiger partial charge in [0.25, 0.3) is 0 Å². The van der Waals surface area contributed by atoms with Crippen LogP contribution in [0.4, 0.5) is 5.69 Å². The third-order valence-corrected chi connectivity index (χ3v) is 3.95. The molecule has 0 spiro atoms. The SMILES string of the molecule is O=C(CCC1CCCCO1)Nc1ccc(Br)cc1C(=O)O. The van der Waals surface area contributed by atoms with Gasteiger partial charge in [0.15, 0.2) is 0 Å². The number of hydrogen-bond acceptors (Lipinski definition) is 3. The molecule has 1 aromatic rings. The molecule has 1 atom stereocenters. The first-order valence-electron chi connectivity index (χ1n) is 7.00. The molecule has 1 heterocycles. The average Bonchev–Trinajstić information content (AvgIpc) is 2.48. The second-order valence-corrected chi connectivity index (χ2v) is 5.99. The van der Waals surface area contributed by atoms with Crippen LogP contribution in [0.1, 0.15) is 42.5 Å². The molecule has 1 unspecified atom stereocenters. The highest BCUT2D eigenvalue weighted by Gasteiger charge is 2.17. The van der Waals surface area contributed by atoms with E-state index in [1.165, 1.54) is 6.07 Å². The van der Waals surface area contributed by atoms with Gasteiger partial charge in [-0.25, -0.2) is 4.79 Å². The Morgan fingerprint density at radius 3 is 2.86 bits per heavy atom. The molecule has 1 aromatic carbocycles. The van der Waals surface area contributed by atoms with Crippen LogP contribution in [0.3, 0.4) is 0 Å². The number of rotatable bonds is 5. The zero-order chi connectivity index (χ0) is 15.2. The Bertz CT molecular complexity index is 526. The number of halogens is 1. The van der Waals surface area contributed by atoms with Gasteiger partial charge >= 0.3 is 5.97 Å². The van der Waals surface area contributed by atoms with E-state index < -0.39 is 5.97 Å². The lowest BCUT2D eigenvalue weighted by Gasteiger charge is -2.22. The second kappa shape index (κ2) is 7.56. The number of carbonyl (C=O) groups is 2. The molecule has 1 saturated heterocycles. The Balaban J connectivity index is 1.91. The molecule has 0 aliphatic carbocycles. The van der Waals surface area contributed by atoms with Crippen molar-refractivity contribution in [3.05, 3.63) is 28.2 Å². The zero-order valence-electron chi connectivity index (χ0n) is 11.6. The topological polar surface area (TPSA) is 75.6 Å². The number of anilines is 1. The van der Waals surface area contributed by atoms with E-state index in [2.05, 4.69) is 21.2 Å². The van der Waals surface area contributed by atoms with Gasteiger partial charge in [0.2, 0.25) is 5.91 Å². The number of benzene rings is 1. The maximum Gasteiger partial charge on any atom is 0.337 e. The highest BCUT2D eigenvalue weighted by molar-refractivity contribution is 9.10. The van der Waals surface area contributed by atoms with Gasteiger partial charge in [-0.05, 0) is 43.9 Å². The Labute approximate surface area is 131 Å². The van der Waals surface area contributed by atoms with Crippen LogP contribution in [0.5, 0.6) is 0 Å². The minimum Gasteiger partial charge on any atom is -0.478 e. The number of carbonyl (C=O) groups excluding carboxylic acids is 1. The largest absolute Gasteiger partial charge is 0.478 e. The number of aromatic carboxylic acids is 1. The van der Waals surface area contributed by atoms with Crippen molar-refractivity contribution in [2.75, 3.05) is 11.9 Å². The molecule has 2 rings (SSSR count). The minimum atomic E-state index is -1.07. The molecule has 1 fully saturated rings.